The molecule has 0 atom stereocenters. The SMILES string of the molecule is COc1ccc(N2CCN(C(=O)c3ccc(OC4CCOCC4)nc3)CC2)cc1. The highest BCUT2D eigenvalue weighted by molar-refractivity contribution is 5.94. The summed E-state index contributed by atoms with van der Waals surface area (Å²) >= 11 is 0. The summed E-state index contributed by atoms with van der Waals surface area (Å²) in [6.45, 7) is 4.43. The molecule has 1 aromatic carbocycles. The number of carbonyl (C=O) groups is 1. The molecule has 0 unspecified atom stereocenters. The van der Waals surface area contributed by atoms with Crippen molar-refractivity contribution < 1.29 is 19.0 Å². The lowest BCUT2D eigenvalue weighted by molar-refractivity contribution is 0.0237. The van der Waals surface area contributed by atoms with Gasteiger partial charge in [-0.15, -0.1) is 0 Å². The lowest BCUT2D eigenvalue weighted by Crippen LogP contribution is -2.48. The fourth-order valence-electron chi connectivity index (χ4n) is 3.68. The van der Waals surface area contributed by atoms with E-state index in [0.717, 1.165) is 50.6 Å². The standard InChI is InChI=1S/C22H27N3O4/c1-27-19-5-3-18(4-6-19)24-10-12-25(13-11-24)22(26)17-2-7-21(23-16-17)29-20-8-14-28-15-9-20/h2-7,16,20H,8-15H2,1H3. The third-order valence-electron chi connectivity index (χ3n) is 5.44. The van der Waals surface area contributed by atoms with Crippen LogP contribution in [0.2, 0.25) is 0 Å². The Morgan fingerprint density at radius 1 is 1.03 bits per heavy atom. The number of piperazine rings is 1. The highest BCUT2D eigenvalue weighted by Crippen LogP contribution is 2.21. The molecule has 0 bridgehead atoms. The zero-order chi connectivity index (χ0) is 20.1. The van der Waals surface area contributed by atoms with E-state index in [1.807, 2.05) is 17.0 Å². The molecule has 0 spiro atoms. The Morgan fingerprint density at radius 3 is 2.38 bits per heavy atom. The molecule has 29 heavy (non-hydrogen) atoms. The van der Waals surface area contributed by atoms with Crippen molar-refractivity contribution in [1.82, 2.24) is 9.88 Å². The minimum atomic E-state index is 0.0181. The molecule has 7 nitrogen and oxygen atoms in total. The highest BCUT2D eigenvalue weighted by Gasteiger charge is 2.23. The molecule has 154 valence electrons. The number of amides is 1. The van der Waals surface area contributed by atoms with Crippen molar-refractivity contribution in [2.45, 2.75) is 18.9 Å². The molecule has 4 rings (SSSR count). The predicted molar refractivity (Wildman–Crippen MR) is 110 cm³/mol. The molecule has 3 heterocycles. The second-order valence-electron chi connectivity index (χ2n) is 7.29. The number of hydrogen-bond acceptors (Lipinski definition) is 6. The summed E-state index contributed by atoms with van der Waals surface area (Å²) in [7, 11) is 1.66. The van der Waals surface area contributed by atoms with Gasteiger partial charge in [0.1, 0.15) is 11.9 Å². The van der Waals surface area contributed by atoms with Crippen LogP contribution in [0.5, 0.6) is 11.6 Å². The zero-order valence-electron chi connectivity index (χ0n) is 16.8. The molecule has 2 aromatic rings. The van der Waals surface area contributed by atoms with Crippen LogP contribution in [0.25, 0.3) is 0 Å². The van der Waals surface area contributed by atoms with Crippen LogP contribution < -0.4 is 14.4 Å². The van der Waals surface area contributed by atoms with E-state index in [-0.39, 0.29) is 12.0 Å². The van der Waals surface area contributed by atoms with Gasteiger partial charge in [-0.1, -0.05) is 0 Å². The number of benzene rings is 1. The van der Waals surface area contributed by atoms with Crippen LogP contribution in [0, 0.1) is 0 Å². The third kappa shape index (κ3) is 4.79. The number of pyridine rings is 1. The normalized spacial score (nSPS) is 17.8. The minimum absolute atomic E-state index is 0.0181. The lowest BCUT2D eigenvalue weighted by Gasteiger charge is -2.36. The second kappa shape index (κ2) is 9.13. The zero-order valence-corrected chi connectivity index (χ0v) is 16.8. The Labute approximate surface area is 171 Å². The molecule has 1 amide bonds. The molecule has 0 saturated carbocycles. The number of nitrogens with zero attached hydrogens (tertiary/aromatic N) is 3. The van der Waals surface area contributed by atoms with E-state index in [0.29, 0.717) is 24.5 Å². The van der Waals surface area contributed by atoms with Gasteiger partial charge in [0.05, 0.1) is 25.9 Å². The molecular weight excluding hydrogens is 370 g/mol. The van der Waals surface area contributed by atoms with Crippen molar-refractivity contribution in [3.63, 3.8) is 0 Å². The van der Waals surface area contributed by atoms with Gasteiger partial charge in [0.2, 0.25) is 5.88 Å². The summed E-state index contributed by atoms with van der Waals surface area (Å²) in [6.07, 6.45) is 3.51. The summed E-state index contributed by atoms with van der Waals surface area (Å²) in [4.78, 5) is 21.3. The molecule has 1 aromatic heterocycles. The van der Waals surface area contributed by atoms with Crippen LogP contribution in [0.4, 0.5) is 5.69 Å². The maximum absolute atomic E-state index is 12.8. The smallest absolute Gasteiger partial charge is 0.255 e. The average molecular weight is 397 g/mol. The van der Waals surface area contributed by atoms with E-state index in [1.54, 1.807) is 25.4 Å². The molecule has 0 radical (unpaired) electrons. The van der Waals surface area contributed by atoms with Crippen molar-refractivity contribution in [3.8, 4) is 11.6 Å². The van der Waals surface area contributed by atoms with Crippen molar-refractivity contribution in [1.29, 1.82) is 0 Å². The Kier molecular flexibility index (Phi) is 6.14. The van der Waals surface area contributed by atoms with Crippen molar-refractivity contribution in [2.75, 3.05) is 51.4 Å². The van der Waals surface area contributed by atoms with Crippen LogP contribution in [0.3, 0.4) is 0 Å². The van der Waals surface area contributed by atoms with Gasteiger partial charge in [0, 0.05) is 57.0 Å². The van der Waals surface area contributed by atoms with E-state index in [9.17, 15) is 4.79 Å². The lowest BCUT2D eigenvalue weighted by atomic mass is 10.1. The summed E-state index contributed by atoms with van der Waals surface area (Å²) < 4.78 is 16.4. The van der Waals surface area contributed by atoms with E-state index in [1.165, 1.54) is 0 Å². The predicted octanol–water partition coefficient (Wildman–Crippen LogP) is 2.61. The first-order chi connectivity index (χ1) is 14.2. The van der Waals surface area contributed by atoms with E-state index >= 15 is 0 Å². The first-order valence-corrected chi connectivity index (χ1v) is 10.1. The Bertz CT molecular complexity index is 796. The number of ether oxygens (including phenoxy) is 3. The number of rotatable bonds is 5. The van der Waals surface area contributed by atoms with E-state index in [4.69, 9.17) is 14.2 Å². The van der Waals surface area contributed by atoms with Crippen molar-refractivity contribution >= 4 is 11.6 Å². The summed E-state index contributed by atoms with van der Waals surface area (Å²) in [6, 6.07) is 11.6. The number of anilines is 1. The van der Waals surface area contributed by atoms with Gasteiger partial charge in [0.15, 0.2) is 0 Å². The first kappa shape index (κ1) is 19.5. The monoisotopic (exact) mass is 397 g/mol. The average Bonchev–Trinajstić information content (AvgIpc) is 2.80. The molecule has 7 heteroatoms. The fourth-order valence-corrected chi connectivity index (χ4v) is 3.68. The van der Waals surface area contributed by atoms with Gasteiger partial charge in [-0.3, -0.25) is 4.79 Å². The quantitative estimate of drug-likeness (QED) is 0.773. The molecule has 2 aliphatic rings. The molecule has 2 saturated heterocycles. The van der Waals surface area contributed by atoms with Crippen LogP contribution in [0.1, 0.15) is 23.2 Å². The Balaban J connectivity index is 1.30. The van der Waals surface area contributed by atoms with Gasteiger partial charge in [-0.2, -0.15) is 0 Å². The van der Waals surface area contributed by atoms with Crippen molar-refractivity contribution in [2.24, 2.45) is 0 Å². The number of hydrogen-bond donors (Lipinski definition) is 0. The summed E-state index contributed by atoms with van der Waals surface area (Å²) in [5, 5.41) is 0. The van der Waals surface area contributed by atoms with Crippen LogP contribution in [-0.2, 0) is 4.74 Å². The molecule has 2 fully saturated rings. The van der Waals surface area contributed by atoms with Gasteiger partial charge >= 0.3 is 0 Å². The highest BCUT2D eigenvalue weighted by atomic mass is 16.5. The third-order valence-corrected chi connectivity index (χ3v) is 5.44. The molecule has 2 aliphatic heterocycles. The number of methoxy groups -OCH3 is 1. The first-order valence-electron chi connectivity index (χ1n) is 10.1. The second-order valence-corrected chi connectivity index (χ2v) is 7.29. The Hall–Kier alpha value is -2.80. The summed E-state index contributed by atoms with van der Waals surface area (Å²) in [5.74, 6) is 1.43. The Morgan fingerprint density at radius 2 is 1.76 bits per heavy atom. The van der Waals surface area contributed by atoms with Gasteiger partial charge < -0.3 is 24.0 Å². The van der Waals surface area contributed by atoms with E-state index in [2.05, 4.69) is 22.0 Å². The van der Waals surface area contributed by atoms with Crippen LogP contribution >= 0.6 is 0 Å². The number of aromatic nitrogens is 1. The van der Waals surface area contributed by atoms with Crippen molar-refractivity contribution in [3.05, 3.63) is 48.2 Å². The summed E-state index contributed by atoms with van der Waals surface area (Å²) in [5.41, 5.74) is 1.75. The largest absolute Gasteiger partial charge is 0.497 e. The maximum Gasteiger partial charge on any atom is 0.255 e. The molecular formula is C22H27N3O4. The van der Waals surface area contributed by atoms with Gasteiger partial charge in [-0.25, -0.2) is 4.98 Å². The molecule has 0 aliphatic carbocycles. The van der Waals surface area contributed by atoms with Gasteiger partial charge in [0.25, 0.3) is 5.91 Å². The van der Waals surface area contributed by atoms with Crippen LogP contribution in [0.15, 0.2) is 42.6 Å². The van der Waals surface area contributed by atoms with Crippen LogP contribution in [-0.4, -0.2) is 68.4 Å². The van der Waals surface area contributed by atoms with Gasteiger partial charge in [-0.05, 0) is 30.3 Å². The van der Waals surface area contributed by atoms with E-state index < -0.39 is 0 Å². The topological polar surface area (TPSA) is 64.1 Å². The molecule has 0 N–H and O–H groups in total. The fraction of sp³-hybridized carbons (Fsp3) is 0.455. The minimum Gasteiger partial charge on any atom is -0.497 e. The number of carbonyl (C=O) groups excluding carboxylic acids is 1. The maximum atomic E-state index is 12.8.